The molecule has 4 rings (SSSR count). The van der Waals surface area contributed by atoms with Crippen LogP contribution in [-0.4, -0.2) is 16.1 Å². The monoisotopic (exact) mass is 321 g/mol. The summed E-state index contributed by atoms with van der Waals surface area (Å²) < 4.78 is 0. The van der Waals surface area contributed by atoms with E-state index in [9.17, 15) is 4.79 Å². The van der Waals surface area contributed by atoms with Crippen molar-refractivity contribution in [1.82, 2.24) is 4.90 Å². The lowest BCUT2D eigenvalue weighted by atomic mass is 10.2. The number of hydrogen-bond acceptors (Lipinski definition) is 3. The Kier molecular flexibility index (Phi) is 3.23. The maximum atomic E-state index is 13.0. The van der Waals surface area contributed by atoms with Crippen molar-refractivity contribution in [2.45, 2.75) is 18.4 Å². The predicted octanol–water partition coefficient (Wildman–Crippen LogP) is 4.37. The fraction of sp³-hybridized carbons (Fsp3) is 0.111. The van der Waals surface area contributed by atoms with E-state index in [2.05, 4.69) is 17.6 Å². The van der Waals surface area contributed by atoms with Crippen molar-refractivity contribution in [2.75, 3.05) is 4.90 Å². The highest BCUT2D eigenvalue weighted by molar-refractivity contribution is 8.15. The van der Waals surface area contributed by atoms with Gasteiger partial charge in [0.05, 0.1) is 12.2 Å². The molecule has 0 bridgehead atoms. The van der Waals surface area contributed by atoms with Crippen molar-refractivity contribution in [2.24, 2.45) is 4.99 Å². The number of amides is 2. The van der Waals surface area contributed by atoms with Gasteiger partial charge in [-0.25, -0.2) is 14.7 Å². The number of nitrogens with zero attached hydrogens (tertiary/aromatic N) is 3. The van der Waals surface area contributed by atoms with Crippen molar-refractivity contribution in [3.63, 3.8) is 0 Å². The minimum absolute atomic E-state index is 0.0982. The van der Waals surface area contributed by atoms with Crippen LogP contribution in [0.4, 0.5) is 10.5 Å². The molecule has 0 aliphatic carbocycles. The lowest BCUT2D eigenvalue weighted by Gasteiger charge is -2.32. The molecule has 23 heavy (non-hydrogen) atoms. The minimum atomic E-state index is -0.0982. The number of rotatable bonds is 2. The van der Waals surface area contributed by atoms with Crippen LogP contribution < -0.4 is 4.90 Å². The zero-order chi connectivity index (χ0) is 16.0. The summed E-state index contributed by atoms with van der Waals surface area (Å²) in [5.74, 6) is 0.488. The SMILES string of the molecule is C=C1N=C2Sc3cc(C)ccc3N2C(=O)N1Cc1ccccc1. The van der Waals surface area contributed by atoms with E-state index >= 15 is 0 Å². The van der Waals surface area contributed by atoms with E-state index < -0.39 is 0 Å². The van der Waals surface area contributed by atoms with Crippen molar-refractivity contribution in [3.8, 4) is 0 Å². The van der Waals surface area contributed by atoms with Crippen molar-refractivity contribution in [1.29, 1.82) is 0 Å². The molecule has 0 radical (unpaired) electrons. The predicted molar refractivity (Wildman–Crippen MR) is 93.5 cm³/mol. The van der Waals surface area contributed by atoms with E-state index in [0.29, 0.717) is 17.5 Å². The summed E-state index contributed by atoms with van der Waals surface area (Å²) in [5, 5.41) is 0.685. The quantitative estimate of drug-likeness (QED) is 0.823. The fourth-order valence-electron chi connectivity index (χ4n) is 2.72. The smallest absolute Gasteiger partial charge is 0.274 e. The first-order valence-corrected chi connectivity index (χ1v) is 8.17. The number of benzene rings is 2. The number of carbonyl (C=O) groups excluding carboxylic acids is 1. The lowest BCUT2D eigenvalue weighted by Crippen LogP contribution is -2.46. The maximum Gasteiger partial charge on any atom is 0.336 e. The van der Waals surface area contributed by atoms with Gasteiger partial charge in [-0.2, -0.15) is 0 Å². The Balaban J connectivity index is 1.70. The van der Waals surface area contributed by atoms with Crippen LogP contribution >= 0.6 is 11.8 Å². The number of thioether (sulfide) groups is 1. The van der Waals surface area contributed by atoms with Gasteiger partial charge in [-0.3, -0.25) is 4.90 Å². The molecule has 2 aromatic rings. The van der Waals surface area contributed by atoms with E-state index in [-0.39, 0.29) is 6.03 Å². The summed E-state index contributed by atoms with van der Waals surface area (Å²) >= 11 is 1.52. The third-order valence-corrected chi connectivity index (χ3v) is 4.89. The second-order valence-electron chi connectivity index (χ2n) is 5.57. The Labute approximate surface area is 139 Å². The molecule has 5 heteroatoms. The summed E-state index contributed by atoms with van der Waals surface area (Å²) in [4.78, 5) is 21.9. The van der Waals surface area contributed by atoms with Crippen LogP contribution in [0.5, 0.6) is 0 Å². The molecule has 0 aromatic heterocycles. The molecular formula is C18H15N3OS. The zero-order valence-electron chi connectivity index (χ0n) is 12.7. The number of aryl methyl sites for hydroxylation is 1. The highest BCUT2D eigenvalue weighted by Crippen LogP contribution is 2.43. The van der Waals surface area contributed by atoms with Crippen molar-refractivity contribution >= 4 is 28.6 Å². The summed E-state index contributed by atoms with van der Waals surface area (Å²) in [6.07, 6.45) is 0. The van der Waals surface area contributed by atoms with Gasteiger partial charge < -0.3 is 0 Å². The lowest BCUT2D eigenvalue weighted by molar-refractivity contribution is 0.217. The molecule has 0 fully saturated rings. The molecule has 0 N–H and O–H groups in total. The largest absolute Gasteiger partial charge is 0.336 e. The summed E-state index contributed by atoms with van der Waals surface area (Å²) in [6.45, 7) is 6.47. The molecule has 2 aliphatic rings. The van der Waals surface area contributed by atoms with E-state index in [1.54, 1.807) is 9.80 Å². The third-order valence-electron chi connectivity index (χ3n) is 3.89. The Bertz CT molecular complexity index is 845. The third kappa shape index (κ3) is 2.33. The summed E-state index contributed by atoms with van der Waals surface area (Å²) in [5.41, 5.74) is 3.12. The Morgan fingerprint density at radius 2 is 1.96 bits per heavy atom. The van der Waals surface area contributed by atoms with Gasteiger partial charge >= 0.3 is 6.03 Å². The van der Waals surface area contributed by atoms with Crippen LogP contribution in [0.25, 0.3) is 0 Å². The average Bonchev–Trinajstić information content (AvgIpc) is 2.89. The number of aliphatic imine (C=N–C) groups is 1. The first kappa shape index (κ1) is 14.1. The molecule has 2 heterocycles. The van der Waals surface area contributed by atoms with Crippen LogP contribution in [0, 0.1) is 6.92 Å². The van der Waals surface area contributed by atoms with E-state index in [1.807, 2.05) is 49.4 Å². The highest BCUT2D eigenvalue weighted by atomic mass is 32.2. The van der Waals surface area contributed by atoms with E-state index in [1.165, 1.54) is 17.3 Å². The topological polar surface area (TPSA) is 35.9 Å². The molecule has 2 aliphatic heterocycles. The minimum Gasteiger partial charge on any atom is -0.274 e. The van der Waals surface area contributed by atoms with E-state index in [4.69, 9.17) is 0 Å². The van der Waals surface area contributed by atoms with Gasteiger partial charge in [0.1, 0.15) is 5.82 Å². The number of fused-ring (bicyclic) bond motifs is 3. The van der Waals surface area contributed by atoms with Crippen molar-refractivity contribution in [3.05, 3.63) is 72.1 Å². The maximum absolute atomic E-state index is 13.0. The standard InChI is InChI=1S/C18H15N3OS/c1-12-8-9-15-16(10-12)23-17-19-13(2)20(18(22)21(15)17)11-14-6-4-3-5-7-14/h3-10H,2,11H2,1H3. The second kappa shape index (κ2) is 5.28. The van der Waals surface area contributed by atoms with Crippen LogP contribution in [0.2, 0.25) is 0 Å². The van der Waals surface area contributed by atoms with E-state index in [0.717, 1.165) is 16.1 Å². The number of hydrogen-bond donors (Lipinski definition) is 0. The summed E-state index contributed by atoms with van der Waals surface area (Å²) in [6, 6.07) is 15.9. The van der Waals surface area contributed by atoms with Crippen LogP contribution in [0.1, 0.15) is 11.1 Å². The molecule has 4 nitrogen and oxygen atoms in total. The first-order chi connectivity index (χ1) is 11.1. The molecular weight excluding hydrogens is 306 g/mol. The first-order valence-electron chi connectivity index (χ1n) is 7.35. The molecule has 2 amide bonds. The Morgan fingerprint density at radius 1 is 1.17 bits per heavy atom. The molecule has 0 saturated heterocycles. The highest BCUT2D eigenvalue weighted by Gasteiger charge is 2.39. The molecule has 0 unspecified atom stereocenters. The molecule has 2 aromatic carbocycles. The van der Waals surface area contributed by atoms with Gasteiger partial charge in [0.15, 0.2) is 5.17 Å². The second-order valence-corrected chi connectivity index (χ2v) is 6.58. The molecule has 0 saturated carbocycles. The zero-order valence-corrected chi connectivity index (χ0v) is 13.5. The summed E-state index contributed by atoms with van der Waals surface area (Å²) in [7, 11) is 0. The van der Waals surface area contributed by atoms with Gasteiger partial charge in [-0.1, -0.05) is 43.0 Å². The van der Waals surface area contributed by atoms with Gasteiger partial charge in [0.25, 0.3) is 0 Å². The van der Waals surface area contributed by atoms with Crippen LogP contribution in [-0.2, 0) is 6.54 Å². The number of amidine groups is 1. The molecule has 114 valence electrons. The van der Waals surface area contributed by atoms with Gasteiger partial charge in [0.2, 0.25) is 0 Å². The number of anilines is 1. The fourth-order valence-corrected chi connectivity index (χ4v) is 3.84. The van der Waals surface area contributed by atoms with Gasteiger partial charge in [0, 0.05) is 4.90 Å². The van der Waals surface area contributed by atoms with Gasteiger partial charge in [-0.05, 0) is 41.9 Å². The van der Waals surface area contributed by atoms with Crippen LogP contribution in [0.3, 0.4) is 0 Å². The van der Waals surface area contributed by atoms with Gasteiger partial charge in [-0.15, -0.1) is 0 Å². The number of carbonyl (C=O) groups is 1. The number of urea groups is 1. The van der Waals surface area contributed by atoms with Crippen molar-refractivity contribution < 1.29 is 4.79 Å². The van der Waals surface area contributed by atoms with Crippen LogP contribution in [0.15, 0.2) is 70.8 Å². The average molecular weight is 321 g/mol. The normalized spacial score (nSPS) is 16.3. The molecule has 0 spiro atoms. The Hall–Kier alpha value is -2.53. The Morgan fingerprint density at radius 3 is 2.74 bits per heavy atom. The molecule has 0 atom stereocenters.